The highest BCUT2D eigenvalue weighted by molar-refractivity contribution is 5.82. The number of hydrogen-bond acceptors (Lipinski definition) is 3. The van der Waals surface area contributed by atoms with Crippen molar-refractivity contribution in [2.24, 2.45) is 5.41 Å². The van der Waals surface area contributed by atoms with Gasteiger partial charge in [0.2, 0.25) is 5.91 Å². The van der Waals surface area contributed by atoms with E-state index in [2.05, 4.69) is 17.2 Å². The van der Waals surface area contributed by atoms with Crippen molar-refractivity contribution in [3.8, 4) is 0 Å². The van der Waals surface area contributed by atoms with Gasteiger partial charge in [0.15, 0.2) is 0 Å². The Morgan fingerprint density at radius 1 is 1.42 bits per heavy atom. The van der Waals surface area contributed by atoms with Gasteiger partial charge in [0.1, 0.15) is 0 Å². The van der Waals surface area contributed by atoms with E-state index in [4.69, 9.17) is 0 Å². The third kappa shape index (κ3) is 3.32. The molecule has 0 aromatic carbocycles. The minimum absolute atomic E-state index is 0.218. The number of carbonyl (C=O) groups is 1. The molecule has 1 fully saturated rings. The number of aryl methyl sites for hydroxylation is 1. The summed E-state index contributed by atoms with van der Waals surface area (Å²) in [5, 5.41) is 3.31. The van der Waals surface area contributed by atoms with Gasteiger partial charge in [0.25, 0.3) is 0 Å². The molecule has 0 atom stereocenters. The predicted octanol–water partition coefficient (Wildman–Crippen LogP) is 1.74. The average molecular weight is 261 g/mol. The molecule has 0 spiro atoms. The van der Waals surface area contributed by atoms with Gasteiger partial charge in [0, 0.05) is 18.2 Å². The maximum Gasteiger partial charge on any atom is 0.228 e. The Labute approximate surface area is 115 Å². The molecule has 1 aliphatic rings. The Morgan fingerprint density at radius 2 is 2.11 bits per heavy atom. The largest absolute Gasteiger partial charge is 0.339 e. The van der Waals surface area contributed by atoms with Gasteiger partial charge in [0.05, 0.1) is 12.2 Å². The SMILES string of the molecule is Cc1cccc(CN(C)C(=O)C2(C)CCNCC2)n1. The summed E-state index contributed by atoms with van der Waals surface area (Å²) in [6, 6.07) is 5.93. The number of rotatable bonds is 3. The van der Waals surface area contributed by atoms with Gasteiger partial charge in [-0.05, 0) is 45.0 Å². The highest BCUT2D eigenvalue weighted by Crippen LogP contribution is 2.30. The third-order valence-corrected chi connectivity index (χ3v) is 3.92. The molecule has 1 aliphatic heterocycles. The molecule has 1 aromatic heterocycles. The zero-order valence-corrected chi connectivity index (χ0v) is 12.1. The van der Waals surface area contributed by atoms with Crippen LogP contribution in [-0.4, -0.2) is 35.9 Å². The molecule has 2 rings (SSSR count). The number of piperidine rings is 1. The van der Waals surface area contributed by atoms with Gasteiger partial charge >= 0.3 is 0 Å². The Kier molecular flexibility index (Phi) is 4.20. The van der Waals surface area contributed by atoms with Crippen molar-refractivity contribution in [2.75, 3.05) is 20.1 Å². The van der Waals surface area contributed by atoms with Crippen LogP contribution in [0.5, 0.6) is 0 Å². The molecule has 0 unspecified atom stereocenters. The second kappa shape index (κ2) is 5.70. The van der Waals surface area contributed by atoms with Crippen LogP contribution < -0.4 is 5.32 Å². The molecule has 0 radical (unpaired) electrons. The standard InChI is InChI=1S/C15H23N3O/c1-12-5-4-6-13(17-12)11-18(3)14(19)15(2)7-9-16-10-8-15/h4-6,16H,7-11H2,1-3H3. The number of pyridine rings is 1. The van der Waals surface area contributed by atoms with Crippen LogP contribution in [-0.2, 0) is 11.3 Å². The number of nitrogens with zero attached hydrogens (tertiary/aromatic N) is 2. The minimum atomic E-state index is -0.218. The molecule has 1 amide bonds. The second-order valence-electron chi connectivity index (χ2n) is 5.74. The lowest BCUT2D eigenvalue weighted by Gasteiger charge is -2.35. The van der Waals surface area contributed by atoms with E-state index in [9.17, 15) is 4.79 Å². The quantitative estimate of drug-likeness (QED) is 0.901. The van der Waals surface area contributed by atoms with Gasteiger partial charge < -0.3 is 10.2 Å². The first-order valence-corrected chi connectivity index (χ1v) is 6.90. The monoisotopic (exact) mass is 261 g/mol. The van der Waals surface area contributed by atoms with E-state index in [0.29, 0.717) is 6.54 Å². The number of aromatic nitrogens is 1. The van der Waals surface area contributed by atoms with Crippen molar-refractivity contribution in [3.05, 3.63) is 29.6 Å². The number of nitrogens with one attached hydrogen (secondary N) is 1. The first kappa shape index (κ1) is 14.0. The molecular formula is C15H23N3O. The predicted molar refractivity (Wildman–Crippen MR) is 75.7 cm³/mol. The highest BCUT2D eigenvalue weighted by atomic mass is 16.2. The van der Waals surface area contributed by atoms with Crippen LogP contribution in [0, 0.1) is 12.3 Å². The van der Waals surface area contributed by atoms with Crippen LogP contribution in [0.2, 0.25) is 0 Å². The van der Waals surface area contributed by atoms with Gasteiger partial charge in [-0.2, -0.15) is 0 Å². The Balaban J connectivity index is 2.03. The van der Waals surface area contributed by atoms with Crippen LogP contribution >= 0.6 is 0 Å². The van der Waals surface area contributed by atoms with Gasteiger partial charge in [-0.25, -0.2) is 0 Å². The van der Waals surface area contributed by atoms with E-state index >= 15 is 0 Å². The normalized spacial score (nSPS) is 18.1. The van der Waals surface area contributed by atoms with Crippen molar-refractivity contribution in [3.63, 3.8) is 0 Å². The van der Waals surface area contributed by atoms with Crippen LogP contribution in [0.25, 0.3) is 0 Å². The molecule has 1 aromatic rings. The molecule has 0 bridgehead atoms. The maximum atomic E-state index is 12.6. The fraction of sp³-hybridized carbons (Fsp3) is 0.600. The Morgan fingerprint density at radius 3 is 2.74 bits per heavy atom. The molecule has 0 aliphatic carbocycles. The summed E-state index contributed by atoms with van der Waals surface area (Å²) >= 11 is 0. The summed E-state index contributed by atoms with van der Waals surface area (Å²) in [6.45, 7) is 6.50. The number of hydrogen-bond donors (Lipinski definition) is 1. The Bertz CT molecular complexity index is 452. The van der Waals surface area contributed by atoms with Crippen LogP contribution in [0.4, 0.5) is 0 Å². The fourth-order valence-electron chi connectivity index (χ4n) is 2.66. The molecule has 104 valence electrons. The highest BCUT2D eigenvalue weighted by Gasteiger charge is 2.36. The lowest BCUT2D eigenvalue weighted by molar-refractivity contribution is -0.142. The molecule has 2 heterocycles. The Hall–Kier alpha value is -1.42. The van der Waals surface area contributed by atoms with Gasteiger partial charge in [-0.15, -0.1) is 0 Å². The summed E-state index contributed by atoms with van der Waals surface area (Å²) in [6.07, 6.45) is 1.83. The molecule has 1 saturated heterocycles. The first-order valence-electron chi connectivity index (χ1n) is 6.90. The molecular weight excluding hydrogens is 238 g/mol. The molecule has 1 N–H and O–H groups in total. The van der Waals surface area contributed by atoms with Crippen LogP contribution in [0.1, 0.15) is 31.2 Å². The zero-order valence-electron chi connectivity index (χ0n) is 12.1. The van der Waals surface area contributed by atoms with Crippen LogP contribution in [0.15, 0.2) is 18.2 Å². The van der Waals surface area contributed by atoms with E-state index in [1.165, 1.54) is 0 Å². The molecule has 4 nitrogen and oxygen atoms in total. The van der Waals surface area contributed by atoms with Crippen molar-refractivity contribution in [1.82, 2.24) is 15.2 Å². The van der Waals surface area contributed by atoms with Crippen molar-refractivity contribution < 1.29 is 4.79 Å². The average Bonchev–Trinajstić information content (AvgIpc) is 2.38. The van der Waals surface area contributed by atoms with E-state index < -0.39 is 0 Å². The van der Waals surface area contributed by atoms with Crippen molar-refractivity contribution >= 4 is 5.91 Å². The summed E-state index contributed by atoms with van der Waals surface area (Å²) in [4.78, 5) is 18.8. The summed E-state index contributed by atoms with van der Waals surface area (Å²) in [5.41, 5.74) is 1.73. The molecule has 19 heavy (non-hydrogen) atoms. The summed E-state index contributed by atoms with van der Waals surface area (Å²) < 4.78 is 0. The van der Waals surface area contributed by atoms with Crippen molar-refractivity contribution in [1.29, 1.82) is 0 Å². The molecule has 0 saturated carbocycles. The first-order chi connectivity index (χ1) is 9.01. The van der Waals surface area contributed by atoms with Gasteiger partial charge in [-0.1, -0.05) is 13.0 Å². The van der Waals surface area contributed by atoms with Gasteiger partial charge in [-0.3, -0.25) is 9.78 Å². The van der Waals surface area contributed by atoms with E-state index in [1.54, 1.807) is 0 Å². The van der Waals surface area contributed by atoms with Crippen LogP contribution in [0.3, 0.4) is 0 Å². The van der Waals surface area contributed by atoms with E-state index in [-0.39, 0.29) is 11.3 Å². The van der Waals surface area contributed by atoms with E-state index in [0.717, 1.165) is 37.3 Å². The topological polar surface area (TPSA) is 45.2 Å². The van der Waals surface area contributed by atoms with E-state index in [1.807, 2.05) is 37.1 Å². The zero-order chi connectivity index (χ0) is 13.9. The second-order valence-corrected chi connectivity index (χ2v) is 5.74. The fourth-order valence-corrected chi connectivity index (χ4v) is 2.66. The summed E-state index contributed by atoms with van der Waals surface area (Å²) in [5.74, 6) is 0.234. The smallest absolute Gasteiger partial charge is 0.228 e. The number of amides is 1. The summed E-state index contributed by atoms with van der Waals surface area (Å²) in [7, 11) is 1.87. The minimum Gasteiger partial charge on any atom is -0.339 e. The molecule has 4 heteroatoms. The van der Waals surface area contributed by atoms with Crippen molar-refractivity contribution in [2.45, 2.75) is 33.2 Å². The third-order valence-electron chi connectivity index (χ3n) is 3.92. The number of carbonyl (C=O) groups excluding carboxylic acids is 1. The lowest BCUT2D eigenvalue weighted by Crippen LogP contribution is -2.46. The lowest BCUT2D eigenvalue weighted by atomic mass is 9.79. The maximum absolute atomic E-state index is 12.6.